The van der Waals surface area contributed by atoms with Crippen molar-refractivity contribution in [2.24, 2.45) is 5.92 Å². The highest BCUT2D eigenvalue weighted by Gasteiger charge is 2.16. The Bertz CT molecular complexity index is 374. The molecular formula is C13H20N4O. The Hall–Kier alpha value is -1.49. The number of hydrogen-bond acceptors (Lipinski definition) is 4. The summed E-state index contributed by atoms with van der Waals surface area (Å²) in [7, 11) is 2.16. The number of nitrogens with one attached hydrogen (secondary N) is 1. The maximum atomic E-state index is 11.7. The van der Waals surface area contributed by atoms with E-state index in [9.17, 15) is 4.79 Å². The van der Waals surface area contributed by atoms with Crippen molar-refractivity contribution in [3.8, 4) is 0 Å². The largest absolute Gasteiger partial charge is 0.351 e. The van der Waals surface area contributed by atoms with E-state index in [1.54, 1.807) is 6.20 Å². The number of aromatic nitrogens is 2. The van der Waals surface area contributed by atoms with Crippen molar-refractivity contribution in [3.63, 3.8) is 0 Å². The number of hydrogen-bond donors (Lipinski definition) is 1. The van der Waals surface area contributed by atoms with Crippen LogP contribution >= 0.6 is 0 Å². The molecule has 5 nitrogen and oxygen atoms in total. The van der Waals surface area contributed by atoms with Gasteiger partial charge >= 0.3 is 0 Å². The minimum atomic E-state index is -0.129. The topological polar surface area (TPSA) is 58.1 Å². The standard InChI is InChI=1S/C13H20N4O/c1-17-8-3-11(4-9-17)2-5-16-13(18)12-10-14-6-7-15-12/h6-7,10-11H,2-5,8-9H2,1H3,(H,16,18). The van der Waals surface area contributed by atoms with Gasteiger partial charge in [-0.05, 0) is 45.3 Å². The van der Waals surface area contributed by atoms with Gasteiger partial charge in [-0.3, -0.25) is 9.78 Å². The second-order valence-corrected chi connectivity index (χ2v) is 4.88. The van der Waals surface area contributed by atoms with Gasteiger partial charge < -0.3 is 10.2 Å². The molecule has 0 bridgehead atoms. The van der Waals surface area contributed by atoms with Crippen LogP contribution < -0.4 is 5.32 Å². The molecule has 0 atom stereocenters. The Morgan fingerprint density at radius 1 is 1.44 bits per heavy atom. The third kappa shape index (κ3) is 3.77. The lowest BCUT2D eigenvalue weighted by molar-refractivity contribution is 0.0943. The first-order valence-corrected chi connectivity index (χ1v) is 6.48. The van der Waals surface area contributed by atoms with Gasteiger partial charge in [0.25, 0.3) is 5.91 Å². The maximum Gasteiger partial charge on any atom is 0.271 e. The van der Waals surface area contributed by atoms with Crippen molar-refractivity contribution in [2.45, 2.75) is 19.3 Å². The lowest BCUT2D eigenvalue weighted by atomic mass is 9.94. The van der Waals surface area contributed by atoms with Crippen LogP contribution in [0.4, 0.5) is 0 Å². The fourth-order valence-electron chi connectivity index (χ4n) is 2.25. The Labute approximate surface area is 108 Å². The van der Waals surface area contributed by atoms with Gasteiger partial charge in [0.2, 0.25) is 0 Å². The first kappa shape index (κ1) is 13.0. The normalized spacial score (nSPS) is 17.6. The van der Waals surface area contributed by atoms with Crippen LogP contribution in [0.15, 0.2) is 18.6 Å². The number of carbonyl (C=O) groups excluding carboxylic acids is 1. The summed E-state index contributed by atoms with van der Waals surface area (Å²) in [6.07, 6.45) is 8.11. The van der Waals surface area contributed by atoms with E-state index in [-0.39, 0.29) is 5.91 Å². The molecule has 1 aromatic rings. The molecule has 5 heteroatoms. The first-order valence-electron chi connectivity index (χ1n) is 6.48. The molecule has 1 N–H and O–H groups in total. The smallest absolute Gasteiger partial charge is 0.271 e. The monoisotopic (exact) mass is 248 g/mol. The van der Waals surface area contributed by atoms with Gasteiger partial charge in [-0.25, -0.2) is 4.98 Å². The highest BCUT2D eigenvalue weighted by atomic mass is 16.1. The molecule has 0 unspecified atom stereocenters. The van der Waals surface area contributed by atoms with Crippen LogP contribution in [0.25, 0.3) is 0 Å². The van der Waals surface area contributed by atoms with Gasteiger partial charge in [-0.1, -0.05) is 0 Å². The minimum Gasteiger partial charge on any atom is -0.351 e. The molecule has 1 fully saturated rings. The third-order valence-corrected chi connectivity index (χ3v) is 3.47. The zero-order valence-corrected chi connectivity index (χ0v) is 10.8. The highest BCUT2D eigenvalue weighted by molar-refractivity contribution is 5.91. The van der Waals surface area contributed by atoms with Crippen molar-refractivity contribution in [1.29, 1.82) is 0 Å². The average molecular weight is 248 g/mol. The van der Waals surface area contributed by atoms with Crippen molar-refractivity contribution < 1.29 is 4.79 Å². The number of carbonyl (C=O) groups is 1. The van der Waals surface area contributed by atoms with Crippen LogP contribution in [0.1, 0.15) is 29.8 Å². The summed E-state index contributed by atoms with van der Waals surface area (Å²) in [5.41, 5.74) is 0.390. The number of rotatable bonds is 4. The third-order valence-electron chi connectivity index (χ3n) is 3.47. The summed E-state index contributed by atoms with van der Waals surface area (Å²) < 4.78 is 0. The summed E-state index contributed by atoms with van der Waals surface area (Å²) in [6, 6.07) is 0. The lowest BCUT2D eigenvalue weighted by Crippen LogP contribution is -2.32. The molecule has 0 aromatic carbocycles. The van der Waals surface area contributed by atoms with E-state index in [0.717, 1.165) is 18.9 Å². The van der Waals surface area contributed by atoms with E-state index in [1.807, 2.05) is 0 Å². The molecular weight excluding hydrogens is 228 g/mol. The number of piperidine rings is 1. The average Bonchev–Trinajstić information content (AvgIpc) is 2.42. The molecule has 1 aliphatic rings. The molecule has 0 spiro atoms. The zero-order chi connectivity index (χ0) is 12.8. The van der Waals surface area contributed by atoms with Gasteiger partial charge in [0.1, 0.15) is 5.69 Å². The molecule has 1 aliphatic heterocycles. The van der Waals surface area contributed by atoms with E-state index < -0.39 is 0 Å². The zero-order valence-electron chi connectivity index (χ0n) is 10.8. The van der Waals surface area contributed by atoms with Gasteiger partial charge in [0, 0.05) is 18.9 Å². The molecule has 0 saturated carbocycles. The van der Waals surface area contributed by atoms with Crippen molar-refractivity contribution in [1.82, 2.24) is 20.2 Å². The van der Waals surface area contributed by atoms with E-state index in [1.165, 1.54) is 38.3 Å². The predicted molar refractivity (Wildman–Crippen MR) is 69.2 cm³/mol. The van der Waals surface area contributed by atoms with Crippen molar-refractivity contribution >= 4 is 5.91 Å². The van der Waals surface area contributed by atoms with Gasteiger partial charge in [0.05, 0.1) is 6.20 Å². The van der Waals surface area contributed by atoms with Crippen LogP contribution in [0.2, 0.25) is 0 Å². The second-order valence-electron chi connectivity index (χ2n) is 4.88. The Kier molecular flexibility index (Phi) is 4.64. The Morgan fingerprint density at radius 2 is 2.22 bits per heavy atom. The van der Waals surface area contributed by atoms with Crippen LogP contribution in [0.5, 0.6) is 0 Å². The summed E-state index contributed by atoms with van der Waals surface area (Å²) in [5, 5.41) is 2.90. The molecule has 0 radical (unpaired) electrons. The molecule has 1 amide bonds. The van der Waals surface area contributed by atoms with Crippen LogP contribution in [-0.4, -0.2) is 47.5 Å². The fraction of sp³-hybridized carbons (Fsp3) is 0.615. The van der Waals surface area contributed by atoms with E-state index in [0.29, 0.717) is 5.69 Å². The van der Waals surface area contributed by atoms with Gasteiger partial charge in [-0.2, -0.15) is 0 Å². The maximum absolute atomic E-state index is 11.7. The van der Waals surface area contributed by atoms with E-state index >= 15 is 0 Å². The summed E-state index contributed by atoms with van der Waals surface area (Å²) in [4.78, 5) is 21.9. The molecule has 2 heterocycles. The van der Waals surface area contributed by atoms with E-state index in [4.69, 9.17) is 0 Å². The minimum absolute atomic E-state index is 0.129. The second kappa shape index (κ2) is 6.44. The molecule has 0 aliphatic carbocycles. The number of likely N-dealkylation sites (tertiary alicyclic amines) is 1. The summed E-state index contributed by atoms with van der Waals surface area (Å²) in [5.74, 6) is 0.611. The van der Waals surface area contributed by atoms with E-state index in [2.05, 4.69) is 27.2 Å². The van der Waals surface area contributed by atoms with Gasteiger partial charge in [0.15, 0.2) is 0 Å². The Morgan fingerprint density at radius 3 is 2.89 bits per heavy atom. The molecule has 98 valence electrons. The Balaban J connectivity index is 1.68. The first-order chi connectivity index (χ1) is 8.75. The lowest BCUT2D eigenvalue weighted by Gasteiger charge is -2.28. The quantitative estimate of drug-likeness (QED) is 0.861. The summed E-state index contributed by atoms with van der Waals surface area (Å²) >= 11 is 0. The summed E-state index contributed by atoms with van der Waals surface area (Å²) in [6.45, 7) is 3.06. The number of amides is 1. The SMILES string of the molecule is CN1CCC(CCNC(=O)c2cnccn2)CC1. The van der Waals surface area contributed by atoms with Crippen LogP contribution in [0, 0.1) is 5.92 Å². The molecule has 1 saturated heterocycles. The number of nitrogens with zero attached hydrogens (tertiary/aromatic N) is 3. The highest BCUT2D eigenvalue weighted by Crippen LogP contribution is 2.18. The molecule has 2 rings (SSSR count). The van der Waals surface area contributed by atoms with Crippen molar-refractivity contribution in [3.05, 3.63) is 24.3 Å². The van der Waals surface area contributed by atoms with Crippen LogP contribution in [0.3, 0.4) is 0 Å². The predicted octanol–water partition coefficient (Wildman–Crippen LogP) is 0.938. The fourth-order valence-corrected chi connectivity index (χ4v) is 2.25. The van der Waals surface area contributed by atoms with Crippen molar-refractivity contribution in [2.75, 3.05) is 26.7 Å². The van der Waals surface area contributed by atoms with Gasteiger partial charge in [-0.15, -0.1) is 0 Å². The van der Waals surface area contributed by atoms with Crippen LogP contribution in [-0.2, 0) is 0 Å². The molecule has 1 aromatic heterocycles. The molecule has 18 heavy (non-hydrogen) atoms.